The molecule has 0 radical (unpaired) electrons. The van der Waals surface area contributed by atoms with Gasteiger partial charge in [0.05, 0.1) is 17.8 Å². The van der Waals surface area contributed by atoms with Gasteiger partial charge in [-0.25, -0.2) is 4.98 Å². The van der Waals surface area contributed by atoms with Gasteiger partial charge >= 0.3 is 0 Å². The molecule has 3 aromatic rings. The van der Waals surface area contributed by atoms with Crippen LogP contribution in [0.1, 0.15) is 54.6 Å². The Hall–Kier alpha value is -3.16. The maximum atomic E-state index is 12.4. The lowest BCUT2D eigenvalue weighted by molar-refractivity contribution is -0.117. The molecule has 32 heavy (non-hydrogen) atoms. The fourth-order valence-electron chi connectivity index (χ4n) is 4.97. The van der Waals surface area contributed by atoms with Crippen LogP contribution in [0, 0.1) is 0 Å². The molecule has 0 bridgehead atoms. The van der Waals surface area contributed by atoms with Crippen molar-refractivity contribution in [3.63, 3.8) is 0 Å². The number of amides is 1. The van der Waals surface area contributed by atoms with E-state index in [1.807, 2.05) is 18.2 Å². The van der Waals surface area contributed by atoms with Crippen molar-refractivity contribution in [3.8, 4) is 0 Å². The maximum absolute atomic E-state index is 12.4. The standard InChI is InChI=1S/C25H28N6O/c32-25(22-4-2-12-27-22)28-17-7-10-18-16(13-17)14-23(29-18)15-5-8-19-20(9-6-15)31-24(30-19)21-3-1-11-26-21/h5-8,10,13-14,21-22,26-27,29H,1-4,9,11-12H2,(H,28,32)(H,30,31). The number of nitrogens with one attached hydrogen (secondary N) is 5. The third kappa shape index (κ3) is 3.67. The highest BCUT2D eigenvalue weighted by molar-refractivity contribution is 5.98. The van der Waals surface area contributed by atoms with E-state index in [9.17, 15) is 4.79 Å². The molecule has 2 aromatic heterocycles. The van der Waals surface area contributed by atoms with Gasteiger partial charge in [-0.05, 0) is 74.7 Å². The minimum absolute atomic E-state index is 0.0489. The Kier molecular flexibility index (Phi) is 4.92. The summed E-state index contributed by atoms with van der Waals surface area (Å²) in [6, 6.07) is 8.45. The van der Waals surface area contributed by atoms with Crippen molar-refractivity contribution in [3.05, 3.63) is 59.3 Å². The SMILES string of the molecule is O=C(Nc1ccc2[nH]c(C3=CCc4[nH]c(C5CCCN5)nc4C=C3)cc2c1)C1CCCN1. The molecule has 0 saturated carbocycles. The summed E-state index contributed by atoms with van der Waals surface area (Å²) in [5.74, 6) is 1.11. The average Bonchev–Trinajstić information content (AvgIpc) is 3.58. The van der Waals surface area contributed by atoms with Gasteiger partial charge in [0.25, 0.3) is 0 Å². The molecule has 6 rings (SSSR count). The Morgan fingerprint density at radius 1 is 1.03 bits per heavy atom. The summed E-state index contributed by atoms with van der Waals surface area (Å²) in [4.78, 5) is 24.3. The summed E-state index contributed by atoms with van der Waals surface area (Å²) >= 11 is 0. The van der Waals surface area contributed by atoms with Crippen molar-refractivity contribution < 1.29 is 4.79 Å². The van der Waals surface area contributed by atoms with Crippen molar-refractivity contribution >= 4 is 34.1 Å². The fourth-order valence-corrected chi connectivity index (χ4v) is 4.97. The van der Waals surface area contributed by atoms with Crippen molar-refractivity contribution in [2.24, 2.45) is 0 Å². The van der Waals surface area contributed by atoms with E-state index < -0.39 is 0 Å². The van der Waals surface area contributed by atoms with Crippen molar-refractivity contribution in [1.82, 2.24) is 25.6 Å². The second-order valence-corrected chi connectivity index (χ2v) is 8.95. The molecule has 7 heteroatoms. The van der Waals surface area contributed by atoms with E-state index in [0.29, 0.717) is 6.04 Å². The molecule has 1 aromatic carbocycles. The van der Waals surface area contributed by atoms with Gasteiger partial charge in [-0.3, -0.25) is 4.79 Å². The monoisotopic (exact) mass is 428 g/mol. The summed E-state index contributed by atoms with van der Waals surface area (Å²) in [7, 11) is 0. The van der Waals surface area contributed by atoms with E-state index >= 15 is 0 Å². The van der Waals surface area contributed by atoms with Gasteiger partial charge in [0.1, 0.15) is 5.82 Å². The Bertz CT molecular complexity index is 1220. The summed E-state index contributed by atoms with van der Waals surface area (Å²) in [6.07, 6.45) is 11.6. The van der Waals surface area contributed by atoms with Crippen molar-refractivity contribution in [2.75, 3.05) is 18.4 Å². The number of aromatic nitrogens is 3. The molecular formula is C25H28N6O. The van der Waals surface area contributed by atoms with Gasteiger partial charge in [-0.15, -0.1) is 0 Å². The summed E-state index contributed by atoms with van der Waals surface area (Å²) in [5.41, 5.74) is 6.30. The van der Waals surface area contributed by atoms with Gasteiger partial charge in [0.15, 0.2) is 0 Å². The predicted octanol–water partition coefficient (Wildman–Crippen LogP) is 3.66. The summed E-state index contributed by atoms with van der Waals surface area (Å²) in [5, 5.41) is 10.9. The number of allylic oxidation sites excluding steroid dienone is 3. The minimum Gasteiger partial charge on any atom is -0.355 e. The Balaban J connectivity index is 1.20. The van der Waals surface area contributed by atoms with E-state index in [1.54, 1.807) is 0 Å². The van der Waals surface area contributed by atoms with Gasteiger partial charge in [0, 0.05) is 34.4 Å². The molecule has 3 aliphatic rings. The molecule has 7 nitrogen and oxygen atoms in total. The minimum atomic E-state index is -0.0792. The van der Waals surface area contributed by atoms with Crippen LogP contribution in [0.5, 0.6) is 0 Å². The van der Waals surface area contributed by atoms with E-state index in [-0.39, 0.29) is 11.9 Å². The van der Waals surface area contributed by atoms with Gasteiger partial charge in [-0.2, -0.15) is 0 Å². The number of carbonyl (C=O) groups excluding carboxylic acids is 1. The number of fused-ring (bicyclic) bond motifs is 2. The maximum Gasteiger partial charge on any atom is 0.241 e. The van der Waals surface area contributed by atoms with Gasteiger partial charge < -0.3 is 25.9 Å². The summed E-state index contributed by atoms with van der Waals surface area (Å²) in [6.45, 7) is 1.98. The first kappa shape index (κ1) is 19.5. The van der Waals surface area contributed by atoms with E-state index in [2.05, 4.69) is 50.2 Å². The number of hydrogen-bond donors (Lipinski definition) is 5. The number of H-pyrrole nitrogens is 2. The summed E-state index contributed by atoms with van der Waals surface area (Å²) < 4.78 is 0. The molecule has 2 unspecified atom stereocenters. The highest BCUT2D eigenvalue weighted by atomic mass is 16.2. The first-order chi connectivity index (χ1) is 15.7. The smallest absolute Gasteiger partial charge is 0.241 e. The largest absolute Gasteiger partial charge is 0.355 e. The molecular weight excluding hydrogens is 400 g/mol. The third-order valence-corrected chi connectivity index (χ3v) is 6.74. The quantitative estimate of drug-likeness (QED) is 0.438. The number of anilines is 1. The van der Waals surface area contributed by atoms with Gasteiger partial charge in [0.2, 0.25) is 5.91 Å². The van der Waals surface area contributed by atoms with E-state index in [0.717, 1.165) is 78.1 Å². The molecule has 2 atom stereocenters. The van der Waals surface area contributed by atoms with Crippen LogP contribution in [0.4, 0.5) is 5.69 Å². The lowest BCUT2D eigenvalue weighted by atomic mass is 10.1. The number of rotatable bonds is 4. The second kappa shape index (κ2) is 8.07. The zero-order valence-corrected chi connectivity index (χ0v) is 18.0. The highest BCUT2D eigenvalue weighted by Gasteiger charge is 2.23. The number of nitrogens with zero attached hydrogens (tertiary/aromatic N) is 1. The van der Waals surface area contributed by atoms with Crippen LogP contribution in [0.15, 0.2) is 36.4 Å². The van der Waals surface area contributed by atoms with E-state index in [4.69, 9.17) is 4.98 Å². The van der Waals surface area contributed by atoms with Crippen LogP contribution in [0.3, 0.4) is 0 Å². The topological polar surface area (TPSA) is 97.6 Å². The molecule has 164 valence electrons. The molecule has 4 heterocycles. The lowest BCUT2D eigenvalue weighted by Gasteiger charge is -2.11. The number of hydrogen-bond acceptors (Lipinski definition) is 4. The number of aromatic amines is 2. The van der Waals surface area contributed by atoms with Crippen molar-refractivity contribution in [1.29, 1.82) is 0 Å². The molecule has 2 saturated heterocycles. The molecule has 1 amide bonds. The average molecular weight is 429 g/mol. The molecule has 0 spiro atoms. The Morgan fingerprint density at radius 2 is 1.94 bits per heavy atom. The lowest BCUT2D eigenvalue weighted by Crippen LogP contribution is -2.35. The first-order valence-corrected chi connectivity index (χ1v) is 11.6. The van der Waals surface area contributed by atoms with Crippen LogP contribution >= 0.6 is 0 Å². The van der Waals surface area contributed by atoms with Crippen LogP contribution in [0.2, 0.25) is 0 Å². The number of imidazole rings is 1. The fraction of sp³-hybridized carbons (Fsp3) is 0.360. The second-order valence-electron chi connectivity index (χ2n) is 8.95. The zero-order valence-electron chi connectivity index (χ0n) is 18.0. The van der Waals surface area contributed by atoms with E-state index in [1.165, 1.54) is 12.1 Å². The Morgan fingerprint density at radius 3 is 2.78 bits per heavy atom. The number of benzene rings is 1. The normalized spacial score (nSPS) is 22.7. The molecule has 5 N–H and O–H groups in total. The highest BCUT2D eigenvalue weighted by Crippen LogP contribution is 2.29. The number of carbonyl (C=O) groups is 1. The molecule has 1 aliphatic carbocycles. The third-order valence-electron chi connectivity index (χ3n) is 6.74. The van der Waals surface area contributed by atoms with Gasteiger partial charge in [-0.1, -0.05) is 12.2 Å². The van der Waals surface area contributed by atoms with Crippen LogP contribution in [0.25, 0.3) is 22.6 Å². The van der Waals surface area contributed by atoms with Crippen LogP contribution < -0.4 is 16.0 Å². The molecule has 2 fully saturated rings. The van der Waals surface area contributed by atoms with Crippen LogP contribution in [-0.4, -0.2) is 40.0 Å². The zero-order chi connectivity index (χ0) is 21.5. The first-order valence-electron chi connectivity index (χ1n) is 11.6. The van der Waals surface area contributed by atoms with Crippen LogP contribution in [-0.2, 0) is 11.2 Å². The van der Waals surface area contributed by atoms with Crippen molar-refractivity contribution in [2.45, 2.75) is 44.2 Å². The Labute approximate surface area is 186 Å². The molecule has 2 aliphatic heterocycles. The predicted molar refractivity (Wildman–Crippen MR) is 127 cm³/mol.